The first-order valence-electron chi connectivity index (χ1n) is 5.22. The highest BCUT2D eigenvalue weighted by Gasteiger charge is 2.08. The van der Waals surface area contributed by atoms with Crippen molar-refractivity contribution in [3.63, 3.8) is 0 Å². The first-order valence-corrected chi connectivity index (χ1v) is 6.13. The summed E-state index contributed by atoms with van der Waals surface area (Å²) < 4.78 is 1.86. The van der Waals surface area contributed by atoms with E-state index in [-0.39, 0.29) is 0 Å². The summed E-state index contributed by atoms with van der Waals surface area (Å²) in [6, 6.07) is 2.10. The quantitative estimate of drug-likeness (QED) is 0.743. The van der Waals surface area contributed by atoms with E-state index in [0.717, 1.165) is 12.3 Å². The van der Waals surface area contributed by atoms with Crippen molar-refractivity contribution < 1.29 is 0 Å². The van der Waals surface area contributed by atoms with Crippen molar-refractivity contribution in [1.82, 2.24) is 9.78 Å². The molecule has 2 nitrogen and oxygen atoms in total. The highest BCUT2D eigenvalue weighted by Crippen LogP contribution is 2.18. The van der Waals surface area contributed by atoms with Crippen LogP contribution in [-0.4, -0.2) is 14.6 Å². The van der Waals surface area contributed by atoms with E-state index in [1.165, 1.54) is 18.5 Å². The summed E-state index contributed by atoms with van der Waals surface area (Å²) in [6.45, 7) is 4.50. The Hall–Kier alpha value is -0.310. The molecule has 0 aromatic carbocycles. The van der Waals surface area contributed by atoms with Crippen LogP contribution in [0.1, 0.15) is 32.4 Å². The van der Waals surface area contributed by atoms with Crippen LogP contribution in [0.4, 0.5) is 0 Å². The Morgan fingerprint density at radius 1 is 1.50 bits per heavy atom. The highest BCUT2D eigenvalue weighted by molar-refractivity contribution is 9.09. The molecule has 0 bridgehead atoms. The standard InChI is InChI=1S/C11H19BrN2/c1-9(2)11(12)6-4-5-10-7-8-14(3)13-10/h7-9,11H,4-6H2,1-3H3. The number of aromatic nitrogens is 2. The number of rotatable bonds is 5. The fraction of sp³-hybridized carbons (Fsp3) is 0.727. The van der Waals surface area contributed by atoms with E-state index in [9.17, 15) is 0 Å². The zero-order valence-corrected chi connectivity index (χ0v) is 10.8. The fourth-order valence-electron chi connectivity index (χ4n) is 1.41. The number of hydrogen-bond acceptors (Lipinski definition) is 1. The van der Waals surface area contributed by atoms with Crippen LogP contribution in [-0.2, 0) is 13.5 Å². The van der Waals surface area contributed by atoms with Crippen molar-refractivity contribution in [2.45, 2.75) is 37.9 Å². The van der Waals surface area contributed by atoms with Crippen LogP contribution < -0.4 is 0 Å². The molecular formula is C11H19BrN2. The monoisotopic (exact) mass is 258 g/mol. The molecule has 0 saturated heterocycles. The van der Waals surface area contributed by atoms with Crippen LogP contribution in [0.25, 0.3) is 0 Å². The third-order valence-electron chi connectivity index (χ3n) is 2.41. The second-order valence-corrected chi connectivity index (χ2v) is 5.31. The maximum atomic E-state index is 4.35. The van der Waals surface area contributed by atoms with Crippen LogP contribution in [0.5, 0.6) is 0 Å². The fourth-order valence-corrected chi connectivity index (χ4v) is 1.73. The van der Waals surface area contributed by atoms with Gasteiger partial charge in [0.15, 0.2) is 0 Å². The average molecular weight is 259 g/mol. The maximum Gasteiger partial charge on any atom is 0.0624 e. The van der Waals surface area contributed by atoms with E-state index in [2.05, 4.69) is 40.9 Å². The summed E-state index contributed by atoms with van der Waals surface area (Å²) in [5.41, 5.74) is 1.20. The Morgan fingerprint density at radius 3 is 2.71 bits per heavy atom. The van der Waals surface area contributed by atoms with Gasteiger partial charge in [0.1, 0.15) is 0 Å². The van der Waals surface area contributed by atoms with E-state index in [1.807, 2.05) is 17.9 Å². The molecular weight excluding hydrogens is 240 g/mol. The van der Waals surface area contributed by atoms with Crippen LogP contribution in [0.3, 0.4) is 0 Å². The molecule has 1 aromatic heterocycles. The van der Waals surface area contributed by atoms with Crippen molar-refractivity contribution in [2.75, 3.05) is 0 Å². The van der Waals surface area contributed by atoms with Crippen molar-refractivity contribution in [2.24, 2.45) is 13.0 Å². The van der Waals surface area contributed by atoms with Crippen LogP contribution >= 0.6 is 15.9 Å². The summed E-state index contributed by atoms with van der Waals surface area (Å²) >= 11 is 3.70. The lowest BCUT2D eigenvalue weighted by atomic mass is 10.0. The largest absolute Gasteiger partial charge is 0.276 e. The van der Waals surface area contributed by atoms with E-state index >= 15 is 0 Å². The summed E-state index contributed by atoms with van der Waals surface area (Å²) in [4.78, 5) is 0.645. The summed E-state index contributed by atoms with van der Waals surface area (Å²) in [7, 11) is 1.96. The predicted octanol–water partition coefficient (Wildman–Crippen LogP) is 3.16. The molecule has 0 N–H and O–H groups in total. The Bertz CT molecular complexity index is 268. The molecule has 80 valence electrons. The lowest BCUT2D eigenvalue weighted by molar-refractivity contribution is 0.559. The Kier molecular flexibility index (Phi) is 4.66. The third kappa shape index (κ3) is 3.82. The van der Waals surface area contributed by atoms with Gasteiger partial charge in [-0.25, -0.2) is 0 Å². The Balaban J connectivity index is 2.22. The highest BCUT2D eigenvalue weighted by atomic mass is 79.9. The smallest absolute Gasteiger partial charge is 0.0624 e. The lowest BCUT2D eigenvalue weighted by Crippen LogP contribution is -2.07. The van der Waals surface area contributed by atoms with Gasteiger partial charge in [-0.2, -0.15) is 5.10 Å². The molecule has 3 heteroatoms. The van der Waals surface area contributed by atoms with E-state index in [0.29, 0.717) is 4.83 Å². The van der Waals surface area contributed by atoms with Gasteiger partial charge in [0.25, 0.3) is 0 Å². The maximum absolute atomic E-state index is 4.35. The zero-order chi connectivity index (χ0) is 10.6. The van der Waals surface area contributed by atoms with Crippen LogP contribution in [0.15, 0.2) is 12.3 Å². The number of halogens is 1. The molecule has 0 radical (unpaired) electrons. The van der Waals surface area contributed by atoms with Crippen LogP contribution in [0, 0.1) is 5.92 Å². The van der Waals surface area contributed by atoms with Gasteiger partial charge in [-0.3, -0.25) is 4.68 Å². The van der Waals surface area contributed by atoms with Gasteiger partial charge in [-0.15, -0.1) is 0 Å². The molecule has 0 aliphatic carbocycles. The number of nitrogens with zero attached hydrogens (tertiary/aromatic N) is 2. The normalized spacial score (nSPS) is 13.5. The average Bonchev–Trinajstić information content (AvgIpc) is 2.51. The molecule has 1 heterocycles. The number of hydrogen-bond donors (Lipinski definition) is 0. The summed E-state index contributed by atoms with van der Waals surface area (Å²) in [5.74, 6) is 0.721. The molecule has 14 heavy (non-hydrogen) atoms. The zero-order valence-electron chi connectivity index (χ0n) is 9.20. The summed E-state index contributed by atoms with van der Waals surface area (Å²) in [6.07, 6.45) is 5.54. The molecule has 0 aliphatic heterocycles. The van der Waals surface area contributed by atoms with Gasteiger partial charge in [-0.05, 0) is 31.2 Å². The van der Waals surface area contributed by atoms with E-state index in [1.54, 1.807) is 0 Å². The molecule has 0 spiro atoms. The van der Waals surface area contributed by atoms with E-state index in [4.69, 9.17) is 0 Å². The topological polar surface area (TPSA) is 17.8 Å². The first-order chi connectivity index (χ1) is 6.59. The van der Waals surface area contributed by atoms with Gasteiger partial charge in [0, 0.05) is 18.1 Å². The minimum atomic E-state index is 0.645. The van der Waals surface area contributed by atoms with Gasteiger partial charge >= 0.3 is 0 Å². The van der Waals surface area contributed by atoms with Gasteiger partial charge < -0.3 is 0 Å². The second-order valence-electron chi connectivity index (χ2n) is 4.13. The molecule has 1 atom stereocenters. The molecule has 0 aliphatic rings. The molecule has 1 rings (SSSR count). The van der Waals surface area contributed by atoms with Crippen LogP contribution in [0.2, 0.25) is 0 Å². The van der Waals surface area contributed by atoms with Gasteiger partial charge in [0.05, 0.1) is 5.69 Å². The molecule has 1 unspecified atom stereocenters. The van der Waals surface area contributed by atoms with Gasteiger partial charge in [-0.1, -0.05) is 29.8 Å². The van der Waals surface area contributed by atoms with Gasteiger partial charge in [0.2, 0.25) is 0 Å². The minimum absolute atomic E-state index is 0.645. The van der Waals surface area contributed by atoms with Crippen molar-refractivity contribution in [3.8, 4) is 0 Å². The first kappa shape index (κ1) is 11.8. The SMILES string of the molecule is CC(C)C(Br)CCCc1ccn(C)n1. The Morgan fingerprint density at radius 2 is 2.21 bits per heavy atom. The summed E-state index contributed by atoms with van der Waals surface area (Å²) in [5, 5.41) is 4.35. The molecule has 0 saturated carbocycles. The lowest BCUT2D eigenvalue weighted by Gasteiger charge is -2.12. The predicted molar refractivity (Wildman–Crippen MR) is 63.7 cm³/mol. The molecule has 0 fully saturated rings. The second kappa shape index (κ2) is 5.54. The Labute approximate surface area is 94.8 Å². The van der Waals surface area contributed by atoms with Crippen molar-refractivity contribution >= 4 is 15.9 Å². The number of aryl methyl sites for hydroxylation is 2. The third-order valence-corrected chi connectivity index (χ3v) is 3.92. The van der Waals surface area contributed by atoms with Crippen molar-refractivity contribution in [1.29, 1.82) is 0 Å². The molecule has 1 aromatic rings. The van der Waals surface area contributed by atoms with Crippen molar-refractivity contribution in [3.05, 3.63) is 18.0 Å². The minimum Gasteiger partial charge on any atom is -0.276 e. The number of alkyl halides is 1. The van der Waals surface area contributed by atoms with E-state index < -0.39 is 0 Å². The molecule has 0 amide bonds.